The SMILES string of the molecule is [CH2-]c1ccc2ccccc2c1-c1c([CH2-])ccc2ccccc12.[Li+].[Li+].[SH-]. The Hall–Kier alpha value is -1.32. The van der Waals surface area contributed by atoms with Crippen LogP contribution in [0.3, 0.4) is 0 Å². The molecule has 3 heteroatoms. The Morgan fingerprint density at radius 2 is 0.840 bits per heavy atom. The van der Waals surface area contributed by atoms with Gasteiger partial charge in [0.05, 0.1) is 0 Å². The quantitative estimate of drug-likeness (QED) is 0.201. The topological polar surface area (TPSA) is 0 Å². The van der Waals surface area contributed by atoms with Crippen LogP contribution in [0.2, 0.25) is 0 Å². The first-order chi connectivity index (χ1) is 10.8. The Balaban J connectivity index is 0.00000104. The monoisotopic (exact) mass is 327 g/mol. The average molecular weight is 327 g/mol. The van der Waals surface area contributed by atoms with Gasteiger partial charge in [-0.3, -0.25) is 0 Å². The van der Waals surface area contributed by atoms with Crippen molar-refractivity contribution in [3.8, 4) is 11.1 Å². The summed E-state index contributed by atoms with van der Waals surface area (Å²) in [6.45, 7) is 8.53. The predicted octanol–water partition coefficient (Wildman–Crippen LogP) is -0.238. The van der Waals surface area contributed by atoms with Crippen LogP contribution in [0.1, 0.15) is 11.1 Å². The molecule has 0 saturated heterocycles. The summed E-state index contributed by atoms with van der Waals surface area (Å²) in [6.07, 6.45) is 0. The molecule has 0 saturated carbocycles. The zero-order chi connectivity index (χ0) is 15.1. The van der Waals surface area contributed by atoms with Gasteiger partial charge in [0.25, 0.3) is 0 Å². The van der Waals surface area contributed by atoms with Crippen molar-refractivity contribution >= 4 is 35.0 Å². The summed E-state index contributed by atoms with van der Waals surface area (Å²) >= 11 is 0. The molecule has 114 valence electrons. The second-order valence-corrected chi connectivity index (χ2v) is 5.64. The first-order valence-corrected chi connectivity index (χ1v) is 7.43. The number of hydrogen-bond donors (Lipinski definition) is 0. The number of hydrogen-bond acceptors (Lipinski definition) is 1. The maximum atomic E-state index is 4.27. The third-order valence-electron chi connectivity index (χ3n) is 4.28. The minimum absolute atomic E-state index is 0. The van der Waals surface area contributed by atoms with Gasteiger partial charge in [-0.25, -0.2) is 0 Å². The van der Waals surface area contributed by atoms with Crippen molar-refractivity contribution in [3.05, 3.63) is 97.8 Å². The minimum Gasteiger partial charge on any atom is -0.813 e. The zero-order valence-corrected chi connectivity index (χ0v) is 15.7. The summed E-state index contributed by atoms with van der Waals surface area (Å²) in [4.78, 5) is 0. The van der Waals surface area contributed by atoms with Crippen LogP contribution < -0.4 is 37.7 Å². The predicted molar refractivity (Wildman–Crippen MR) is 105 cm³/mol. The molecule has 0 spiro atoms. The minimum atomic E-state index is 0. The summed E-state index contributed by atoms with van der Waals surface area (Å²) in [6, 6.07) is 25.4. The Morgan fingerprint density at radius 1 is 0.480 bits per heavy atom. The van der Waals surface area contributed by atoms with Gasteiger partial charge in [0.15, 0.2) is 0 Å². The molecular formula is C22H17Li2S-. The first kappa shape index (κ1) is 21.7. The molecule has 0 heterocycles. The van der Waals surface area contributed by atoms with E-state index in [-0.39, 0.29) is 51.2 Å². The van der Waals surface area contributed by atoms with Crippen molar-refractivity contribution < 1.29 is 37.7 Å². The van der Waals surface area contributed by atoms with Crippen molar-refractivity contribution in [3.63, 3.8) is 0 Å². The molecule has 0 radical (unpaired) electrons. The van der Waals surface area contributed by atoms with Crippen LogP contribution in [0.15, 0.2) is 72.8 Å². The van der Waals surface area contributed by atoms with E-state index in [9.17, 15) is 0 Å². The Morgan fingerprint density at radius 3 is 1.24 bits per heavy atom. The van der Waals surface area contributed by atoms with E-state index in [2.05, 4.69) is 86.6 Å². The second-order valence-electron chi connectivity index (χ2n) is 5.64. The van der Waals surface area contributed by atoms with Crippen LogP contribution in [0.4, 0.5) is 0 Å². The second kappa shape index (κ2) is 8.87. The van der Waals surface area contributed by atoms with E-state index in [0.717, 1.165) is 11.1 Å². The van der Waals surface area contributed by atoms with E-state index in [1.54, 1.807) is 0 Å². The number of fused-ring (bicyclic) bond motifs is 2. The van der Waals surface area contributed by atoms with E-state index in [1.165, 1.54) is 32.7 Å². The third kappa shape index (κ3) is 3.78. The summed E-state index contributed by atoms with van der Waals surface area (Å²) in [7, 11) is 0. The third-order valence-corrected chi connectivity index (χ3v) is 4.28. The van der Waals surface area contributed by atoms with Crippen LogP contribution in [0.5, 0.6) is 0 Å². The maximum Gasteiger partial charge on any atom is 1.00 e. The van der Waals surface area contributed by atoms with Gasteiger partial charge in [0.1, 0.15) is 0 Å². The molecule has 0 aliphatic carbocycles. The molecule has 0 nitrogen and oxygen atoms in total. The summed E-state index contributed by atoms with van der Waals surface area (Å²) in [5.41, 5.74) is 4.47. The standard InChI is InChI=1S/C22H16.2Li.H2S/c1-15-11-13-17-7-3-5-9-19(17)21(15)22-16(2)12-14-18-8-4-6-10-20(18)22;;;/h3-14H,1-2H2;;;1H2/q-2;2*+1;/p-1. The molecule has 0 aromatic heterocycles. The van der Waals surface area contributed by atoms with Crippen molar-refractivity contribution in [2.45, 2.75) is 0 Å². The number of benzene rings is 4. The normalized spacial score (nSPS) is 9.76. The van der Waals surface area contributed by atoms with E-state index in [4.69, 9.17) is 0 Å². The fraction of sp³-hybridized carbons (Fsp3) is 0. The molecule has 4 aromatic carbocycles. The Labute approximate surface area is 180 Å². The fourth-order valence-electron chi connectivity index (χ4n) is 3.22. The number of thiol groups is 1. The van der Waals surface area contributed by atoms with Crippen molar-refractivity contribution in [1.29, 1.82) is 0 Å². The van der Waals surface area contributed by atoms with Crippen LogP contribution in [0.25, 0.3) is 32.7 Å². The van der Waals surface area contributed by atoms with Gasteiger partial charge in [-0.2, -0.15) is 48.2 Å². The van der Waals surface area contributed by atoms with Crippen LogP contribution in [-0.2, 0) is 13.5 Å². The molecule has 4 rings (SSSR count). The van der Waals surface area contributed by atoms with Gasteiger partial charge >= 0.3 is 37.7 Å². The molecule has 0 N–H and O–H groups in total. The van der Waals surface area contributed by atoms with Crippen LogP contribution in [0, 0.1) is 13.8 Å². The van der Waals surface area contributed by atoms with Gasteiger partial charge in [-0.15, -0.1) is 12.1 Å². The molecule has 0 unspecified atom stereocenters. The molecule has 4 aromatic rings. The molecule has 0 amide bonds. The molecule has 0 aliphatic rings. The summed E-state index contributed by atoms with van der Waals surface area (Å²) < 4.78 is 0. The van der Waals surface area contributed by atoms with E-state index in [0.29, 0.717) is 0 Å². The average Bonchev–Trinajstić information content (AvgIpc) is 2.56. The molecule has 0 bridgehead atoms. The molecule has 25 heavy (non-hydrogen) atoms. The fourth-order valence-corrected chi connectivity index (χ4v) is 3.22. The van der Waals surface area contributed by atoms with Crippen LogP contribution >= 0.6 is 0 Å². The molecule has 0 aliphatic heterocycles. The van der Waals surface area contributed by atoms with Crippen LogP contribution in [-0.4, -0.2) is 0 Å². The largest absolute Gasteiger partial charge is 1.00 e. The van der Waals surface area contributed by atoms with Gasteiger partial charge in [-0.1, -0.05) is 59.3 Å². The van der Waals surface area contributed by atoms with Gasteiger partial charge in [-0.05, 0) is 10.8 Å². The van der Waals surface area contributed by atoms with Crippen molar-refractivity contribution in [2.24, 2.45) is 0 Å². The molecule has 0 atom stereocenters. The molecular weight excluding hydrogens is 310 g/mol. The smallest absolute Gasteiger partial charge is 0.813 e. The molecule has 0 fully saturated rings. The van der Waals surface area contributed by atoms with Gasteiger partial charge in [0, 0.05) is 0 Å². The summed E-state index contributed by atoms with van der Waals surface area (Å²) in [5.74, 6) is 0. The van der Waals surface area contributed by atoms with E-state index < -0.39 is 0 Å². The van der Waals surface area contributed by atoms with Gasteiger partial charge < -0.3 is 13.5 Å². The summed E-state index contributed by atoms with van der Waals surface area (Å²) in [5, 5.41) is 4.93. The zero-order valence-electron chi connectivity index (χ0n) is 14.8. The van der Waals surface area contributed by atoms with E-state index in [1.807, 2.05) is 0 Å². The first-order valence-electron chi connectivity index (χ1n) is 7.43. The number of rotatable bonds is 1. The van der Waals surface area contributed by atoms with Crippen molar-refractivity contribution in [2.75, 3.05) is 0 Å². The maximum absolute atomic E-state index is 4.27. The Bertz CT molecular complexity index is 926. The Kier molecular flexibility index (Phi) is 7.71. The van der Waals surface area contributed by atoms with E-state index >= 15 is 0 Å². The van der Waals surface area contributed by atoms with Gasteiger partial charge in [0.2, 0.25) is 0 Å². The van der Waals surface area contributed by atoms with Crippen molar-refractivity contribution in [1.82, 2.24) is 0 Å².